The average molecular weight is 248 g/mol. The predicted octanol–water partition coefficient (Wildman–Crippen LogP) is 2.54. The van der Waals surface area contributed by atoms with Crippen LogP contribution in [0.5, 0.6) is 0 Å². The summed E-state index contributed by atoms with van der Waals surface area (Å²) < 4.78 is 5.77. The highest BCUT2D eigenvalue weighted by Gasteiger charge is 2.36. The van der Waals surface area contributed by atoms with Crippen LogP contribution in [0.2, 0.25) is 0 Å². The fourth-order valence-corrected chi connectivity index (χ4v) is 3.71. The molecule has 1 aromatic rings. The van der Waals surface area contributed by atoms with E-state index < -0.39 is 0 Å². The molecule has 1 aliphatic heterocycles. The fourth-order valence-electron chi connectivity index (χ4n) is 3.71. The SMILES string of the molecule is CNCc1cc(CN2CC3CCCC3C2)c(C)o1. The van der Waals surface area contributed by atoms with Crippen molar-refractivity contribution in [2.75, 3.05) is 20.1 Å². The second-order valence-electron chi connectivity index (χ2n) is 5.97. The zero-order chi connectivity index (χ0) is 12.5. The van der Waals surface area contributed by atoms with E-state index in [0.29, 0.717) is 0 Å². The molecule has 2 heterocycles. The van der Waals surface area contributed by atoms with Crippen molar-refractivity contribution < 1.29 is 4.42 Å². The van der Waals surface area contributed by atoms with Crippen molar-refractivity contribution in [3.8, 4) is 0 Å². The van der Waals surface area contributed by atoms with Gasteiger partial charge in [0.15, 0.2) is 0 Å². The third kappa shape index (κ3) is 2.34. The maximum atomic E-state index is 5.77. The van der Waals surface area contributed by atoms with Gasteiger partial charge in [-0.2, -0.15) is 0 Å². The molecule has 3 rings (SSSR count). The van der Waals surface area contributed by atoms with Crippen LogP contribution in [0.25, 0.3) is 0 Å². The van der Waals surface area contributed by atoms with Gasteiger partial charge in [0.1, 0.15) is 11.5 Å². The minimum absolute atomic E-state index is 0.825. The number of hydrogen-bond donors (Lipinski definition) is 1. The molecule has 1 N–H and O–H groups in total. The quantitative estimate of drug-likeness (QED) is 0.887. The van der Waals surface area contributed by atoms with Crippen molar-refractivity contribution >= 4 is 0 Å². The number of hydrogen-bond acceptors (Lipinski definition) is 3. The summed E-state index contributed by atoms with van der Waals surface area (Å²) in [5.74, 6) is 4.12. The van der Waals surface area contributed by atoms with Crippen LogP contribution in [0.15, 0.2) is 10.5 Å². The van der Waals surface area contributed by atoms with Crippen LogP contribution in [0.4, 0.5) is 0 Å². The Balaban J connectivity index is 1.62. The molecule has 3 nitrogen and oxygen atoms in total. The standard InChI is InChI=1S/C15H24N2O/c1-11-14(6-15(18-11)7-16-2)10-17-8-12-4-3-5-13(12)9-17/h6,12-13,16H,3-5,7-10H2,1-2H3. The molecule has 2 aliphatic rings. The van der Waals surface area contributed by atoms with E-state index in [1.54, 1.807) is 0 Å². The Hall–Kier alpha value is -0.800. The molecule has 3 heteroatoms. The van der Waals surface area contributed by atoms with Crippen LogP contribution in [0, 0.1) is 18.8 Å². The van der Waals surface area contributed by atoms with E-state index in [4.69, 9.17) is 4.42 Å². The highest BCUT2D eigenvalue weighted by atomic mass is 16.3. The summed E-state index contributed by atoms with van der Waals surface area (Å²) in [4.78, 5) is 2.62. The summed E-state index contributed by atoms with van der Waals surface area (Å²) in [6.07, 6.45) is 4.37. The van der Waals surface area contributed by atoms with E-state index in [9.17, 15) is 0 Å². The fraction of sp³-hybridized carbons (Fsp3) is 0.733. The van der Waals surface area contributed by atoms with Gasteiger partial charge in [-0.25, -0.2) is 0 Å². The zero-order valence-electron chi connectivity index (χ0n) is 11.5. The number of likely N-dealkylation sites (tertiary alicyclic amines) is 1. The molecule has 2 atom stereocenters. The third-order valence-corrected chi connectivity index (χ3v) is 4.62. The lowest BCUT2D eigenvalue weighted by molar-refractivity contribution is 0.301. The lowest BCUT2D eigenvalue weighted by atomic mass is 10.0. The Kier molecular flexibility index (Phi) is 3.44. The molecule has 2 unspecified atom stereocenters. The largest absolute Gasteiger partial charge is 0.465 e. The van der Waals surface area contributed by atoms with Crippen LogP contribution in [0.3, 0.4) is 0 Å². The average Bonchev–Trinajstić information content (AvgIpc) is 2.95. The molecule has 0 radical (unpaired) electrons. The van der Waals surface area contributed by atoms with Gasteiger partial charge in [-0.05, 0) is 44.7 Å². The van der Waals surface area contributed by atoms with E-state index in [0.717, 1.165) is 36.4 Å². The molecule has 18 heavy (non-hydrogen) atoms. The minimum atomic E-state index is 0.825. The van der Waals surface area contributed by atoms with Gasteiger partial charge >= 0.3 is 0 Å². The van der Waals surface area contributed by atoms with Gasteiger partial charge in [-0.3, -0.25) is 4.90 Å². The second-order valence-corrected chi connectivity index (χ2v) is 5.97. The Morgan fingerprint density at radius 3 is 2.72 bits per heavy atom. The highest BCUT2D eigenvalue weighted by molar-refractivity contribution is 5.21. The molecule has 0 bridgehead atoms. The first-order valence-electron chi connectivity index (χ1n) is 7.21. The Bertz CT molecular complexity index is 401. The third-order valence-electron chi connectivity index (χ3n) is 4.62. The summed E-state index contributed by atoms with van der Waals surface area (Å²) in [5, 5.41) is 3.14. The number of nitrogens with one attached hydrogen (secondary N) is 1. The van der Waals surface area contributed by atoms with Crippen molar-refractivity contribution in [2.24, 2.45) is 11.8 Å². The normalized spacial score (nSPS) is 27.9. The first kappa shape index (κ1) is 12.2. The van der Waals surface area contributed by atoms with Crippen molar-refractivity contribution in [1.29, 1.82) is 0 Å². The number of aryl methyl sites for hydroxylation is 1. The van der Waals surface area contributed by atoms with Gasteiger partial charge < -0.3 is 9.73 Å². The topological polar surface area (TPSA) is 28.4 Å². The molecule has 1 aliphatic carbocycles. The van der Waals surface area contributed by atoms with E-state index in [2.05, 4.69) is 23.2 Å². The molecule has 100 valence electrons. The van der Waals surface area contributed by atoms with Crippen molar-refractivity contribution in [2.45, 2.75) is 39.3 Å². The monoisotopic (exact) mass is 248 g/mol. The molecule has 1 saturated carbocycles. The Morgan fingerprint density at radius 1 is 1.33 bits per heavy atom. The van der Waals surface area contributed by atoms with E-state index in [1.165, 1.54) is 37.9 Å². The van der Waals surface area contributed by atoms with Crippen LogP contribution in [0.1, 0.15) is 36.3 Å². The summed E-state index contributed by atoms with van der Waals surface area (Å²) >= 11 is 0. The summed E-state index contributed by atoms with van der Waals surface area (Å²) in [6, 6.07) is 2.22. The number of furan rings is 1. The van der Waals surface area contributed by atoms with Crippen LogP contribution in [-0.4, -0.2) is 25.0 Å². The van der Waals surface area contributed by atoms with Crippen molar-refractivity contribution in [3.05, 3.63) is 23.2 Å². The van der Waals surface area contributed by atoms with Crippen molar-refractivity contribution in [1.82, 2.24) is 10.2 Å². The molecule has 0 amide bonds. The molecule has 0 aromatic carbocycles. The van der Waals surface area contributed by atoms with Gasteiger partial charge in [0.25, 0.3) is 0 Å². The molecule has 0 spiro atoms. The summed E-state index contributed by atoms with van der Waals surface area (Å²) in [6.45, 7) is 6.59. The van der Waals surface area contributed by atoms with E-state index >= 15 is 0 Å². The number of rotatable bonds is 4. The molecular weight excluding hydrogens is 224 g/mol. The lowest BCUT2D eigenvalue weighted by Gasteiger charge is -2.15. The molecule has 1 aromatic heterocycles. The second kappa shape index (κ2) is 5.06. The van der Waals surface area contributed by atoms with Gasteiger partial charge in [0.05, 0.1) is 6.54 Å². The Labute approximate surface area is 110 Å². The maximum Gasteiger partial charge on any atom is 0.118 e. The van der Waals surface area contributed by atoms with E-state index in [1.807, 2.05) is 7.05 Å². The first-order chi connectivity index (χ1) is 8.76. The summed E-state index contributed by atoms with van der Waals surface area (Å²) in [5.41, 5.74) is 1.38. The van der Waals surface area contributed by atoms with Crippen LogP contribution in [-0.2, 0) is 13.1 Å². The predicted molar refractivity (Wildman–Crippen MR) is 72.3 cm³/mol. The van der Waals surface area contributed by atoms with Crippen LogP contribution < -0.4 is 5.32 Å². The summed E-state index contributed by atoms with van der Waals surface area (Å²) in [7, 11) is 1.96. The lowest BCUT2D eigenvalue weighted by Crippen LogP contribution is -2.21. The minimum Gasteiger partial charge on any atom is -0.465 e. The number of fused-ring (bicyclic) bond motifs is 1. The van der Waals surface area contributed by atoms with Crippen molar-refractivity contribution in [3.63, 3.8) is 0 Å². The molecule has 2 fully saturated rings. The highest BCUT2D eigenvalue weighted by Crippen LogP contribution is 2.38. The van der Waals surface area contributed by atoms with Crippen LogP contribution >= 0.6 is 0 Å². The zero-order valence-corrected chi connectivity index (χ0v) is 11.5. The Morgan fingerprint density at radius 2 is 2.06 bits per heavy atom. The van der Waals surface area contributed by atoms with Gasteiger partial charge in [0, 0.05) is 25.2 Å². The first-order valence-corrected chi connectivity index (χ1v) is 7.21. The van der Waals surface area contributed by atoms with E-state index in [-0.39, 0.29) is 0 Å². The smallest absolute Gasteiger partial charge is 0.118 e. The van der Waals surface area contributed by atoms with Gasteiger partial charge in [-0.1, -0.05) is 6.42 Å². The maximum absolute atomic E-state index is 5.77. The van der Waals surface area contributed by atoms with Gasteiger partial charge in [-0.15, -0.1) is 0 Å². The molecular formula is C15H24N2O. The van der Waals surface area contributed by atoms with Gasteiger partial charge in [0.2, 0.25) is 0 Å². The molecule has 1 saturated heterocycles. The number of nitrogens with zero attached hydrogens (tertiary/aromatic N) is 1.